The van der Waals surface area contributed by atoms with Gasteiger partial charge >= 0.3 is 12.4 Å². The smallest absolute Gasteiger partial charge is 0.417 e. The summed E-state index contributed by atoms with van der Waals surface area (Å²) in [7, 11) is -4.52. The molecule has 1 N–H and O–H groups in total. The molecule has 0 aliphatic carbocycles. The van der Waals surface area contributed by atoms with E-state index in [9.17, 15) is 49.1 Å². The standard InChI is InChI=1S/C16H9F7O4S/c1-28(26,27)11-6-7(15(18,19)20)2-3-8(11)13(24)12-9(16(21,22)23)4-5-10(17)14(12)25/h2-6,25H,1H3. The first kappa shape index (κ1) is 21.7. The van der Waals surface area contributed by atoms with Crippen molar-refractivity contribution < 1.29 is 49.1 Å². The number of phenolic OH excluding ortho intramolecular Hbond substituents is 1. The van der Waals surface area contributed by atoms with Crippen LogP contribution in [0.2, 0.25) is 0 Å². The van der Waals surface area contributed by atoms with Crippen molar-refractivity contribution in [3.05, 3.63) is 58.4 Å². The molecule has 0 spiro atoms. The maximum absolute atomic E-state index is 13.5. The highest BCUT2D eigenvalue weighted by Gasteiger charge is 2.39. The Bertz CT molecular complexity index is 1050. The minimum absolute atomic E-state index is 0.0756. The molecular weight excluding hydrogens is 421 g/mol. The molecule has 0 saturated heterocycles. The van der Waals surface area contributed by atoms with E-state index in [0.717, 1.165) is 0 Å². The van der Waals surface area contributed by atoms with Crippen molar-refractivity contribution in [1.82, 2.24) is 0 Å². The van der Waals surface area contributed by atoms with Gasteiger partial charge in [-0.15, -0.1) is 0 Å². The topological polar surface area (TPSA) is 71.4 Å². The van der Waals surface area contributed by atoms with Gasteiger partial charge in [-0.1, -0.05) is 0 Å². The molecule has 28 heavy (non-hydrogen) atoms. The van der Waals surface area contributed by atoms with Crippen LogP contribution in [0.3, 0.4) is 0 Å². The summed E-state index contributed by atoms with van der Waals surface area (Å²) < 4.78 is 115. The Morgan fingerprint density at radius 1 is 0.964 bits per heavy atom. The van der Waals surface area contributed by atoms with Crippen LogP contribution < -0.4 is 0 Å². The number of carbonyl (C=O) groups excluding carboxylic acids is 1. The van der Waals surface area contributed by atoms with Gasteiger partial charge in [0.2, 0.25) is 0 Å². The first-order valence-corrected chi connectivity index (χ1v) is 8.99. The highest BCUT2D eigenvalue weighted by atomic mass is 32.2. The van der Waals surface area contributed by atoms with E-state index in [1.165, 1.54) is 0 Å². The van der Waals surface area contributed by atoms with E-state index >= 15 is 0 Å². The average molecular weight is 430 g/mol. The lowest BCUT2D eigenvalue weighted by Crippen LogP contribution is -2.18. The number of alkyl halides is 6. The van der Waals surface area contributed by atoms with Crippen LogP contribution in [0.15, 0.2) is 35.2 Å². The number of hydrogen-bond donors (Lipinski definition) is 1. The molecule has 0 aromatic heterocycles. The number of aromatic hydroxyl groups is 1. The normalized spacial score (nSPS) is 12.9. The summed E-state index contributed by atoms with van der Waals surface area (Å²) in [5.41, 5.74) is -5.95. The summed E-state index contributed by atoms with van der Waals surface area (Å²) >= 11 is 0. The highest BCUT2D eigenvalue weighted by molar-refractivity contribution is 7.90. The van der Waals surface area contributed by atoms with E-state index in [-0.39, 0.29) is 24.3 Å². The first-order chi connectivity index (χ1) is 12.5. The SMILES string of the molecule is CS(=O)(=O)c1cc(C(F)(F)F)ccc1C(=O)c1c(C(F)(F)F)ccc(F)c1O. The zero-order valence-electron chi connectivity index (χ0n) is 13.6. The summed E-state index contributed by atoms with van der Waals surface area (Å²) in [5.74, 6) is -5.12. The molecule has 0 bridgehead atoms. The molecule has 2 rings (SSSR count). The van der Waals surface area contributed by atoms with Crippen LogP contribution in [0.25, 0.3) is 0 Å². The van der Waals surface area contributed by atoms with Gasteiger partial charge in [0.25, 0.3) is 0 Å². The van der Waals surface area contributed by atoms with E-state index in [1.807, 2.05) is 0 Å². The highest BCUT2D eigenvalue weighted by Crippen LogP contribution is 2.39. The second kappa shape index (κ2) is 6.76. The van der Waals surface area contributed by atoms with Crippen LogP contribution in [-0.2, 0) is 22.2 Å². The Hall–Kier alpha value is -2.63. The molecular formula is C16H9F7O4S. The van der Waals surface area contributed by atoms with Gasteiger partial charge in [0.1, 0.15) is 0 Å². The van der Waals surface area contributed by atoms with E-state index in [2.05, 4.69) is 0 Å². The zero-order valence-corrected chi connectivity index (χ0v) is 14.4. The van der Waals surface area contributed by atoms with Crippen LogP contribution in [0.4, 0.5) is 30.7 Å². The van der Waals surface area contributed by atoms with Crippen LogP contribution in [0.1, 0.15) is 27.0 Å². The van der Waals surface area contributed by atoms with Crippen molar-refractivity contribution in [1.29, 1.82) is 0 Å². The van der Waals surface area contributed by atoms with Gasteiger partial charge < -0.3 is 5.11 Å². The fourth-order valence-electron chi connectivity index (χ4n) is 2.36. The zero-order chi connectivity index (χ0) is 21.7. The Morgan fingerprint density at radius 3 is 2.00 bits per heavy atom. The Kier molecular flexibility index (Phi) is 5.23. The van der Waals surface area contributed by atoms with Gasteiger partial charge in [-0.3, -0.25) is 4.79 Å². The Morgan fingerprint density at radius 2 is 1.54 bits per heavy atom. The van der Waals surface area contributed by atoms with Gasteiger partial charge in [0, 0.05) is 11.8 Å². The largest absolute Gasteiger partial charge is 0.504 e. The summed E-state index contributed by atoms with van der Waals surface area (Å²) in [6.45, 7) is 0. The molecule has 0 radical (unpaired) electrons. The lowest BCUT2D eigenvalue weighted by Gasteiger charge is -2.16. The van der Waals surface area contributed by atoms with Crippen molar-refractivity contribution in [3.63, 3.8) is 0 Å². The molecule has 2 aromatic rings. The molecule has 12 heteroatoms. The predicted octanol–water partition coefficient (Wildman–Crippen LogP) is 4.20. The van der Waals surface area contributed by atoms with Crippen molar-refractivity contribution in [2.24, 2.45) is 0 Å². The van der Waals surface area contributed by atoms with Crippen molar-refractivity contribution in [3.8, 4) is 5.75 Å². The molecule has 0 unspecified atom stereocenters. The number of phenols is 1. The third kappa shape index (κ3) is 4.11. The van der Waals surface area contributed by atoms with E-state index in [4.69, 9.17) is 0 Å². The lowest BCUT2D eigenvalue weighted by molar-refractivity contribution is -0.138. The molecule has 0 atom stereocenters. The maximum Gasteiger partial charge on any atom is 0.417 e. The summed E-state index contributed by atoms with van der Waals surface area (Å²) in [6.07, 6.45) is -9.80. The predicted molar refractivity (Wildman–Crippen MR) is 81.1 cm³/mol. The van der Waals surface area contributed by atoms with Crippen LogP contribution in [0.5, 0.6) is 5.75 Å². The summed E-state index contributed by atoms with van der Waals surface area (Å²) in [6, 6.07) is 1.09. The van der Waals surface area contributed by atoms with E-state index in [1.54, 1.807) is 0 Å². The number of halogens is 7. The van der Waals surface area contributed by atoms with E-state index in [0.29, 0.717) is 12.3 Å². The quantitative estimate of drug-likeness (QED) is 0.585. The number of benzene rings is 2. The Balaban J connectivity index is 2.84. The fourth-order valence-corrected chi connectivity index (χ4v) is 3.26. The number of sulfone groups is 1. The van der Waals surface area contributed by atoms with Crippen molar-refractivity contribution in [2.75, 3.05) is 6.26 Å². The molecule has 0 aliphatic rings. The van der Waals surface area contributed by atoms with Crippen molar-refractivity contribution in [2.45, 2.75) is 17.2 Å². The Labute approximate surface area is 153 Å². The lowest BCUT2D eigenvalue weighted by atomic mass is 9.96. The second-order valence-corrected chi connectivity index (χ2v) is 7.61. The number of ketones is 1. The fraction of sp³-hybridized carbons (Fsp3) is 0.188. The minimum Gasteiger partial charge on any atom is -0.504 e. The summed E-state index contributed by atoms with van der Waals surface area (Å²) in [4.78, 5) is 11.3. The number of hydrogen-bond acceptors (Lipinski definition) is 4. The monoisotopic (exact) mass is 430 g/mol. The molecule has 152 valence electrons. The molecule has 0 saturated carbocycles. The molecule has 4 nitrogen and oxygen atoms in total. The first-order valence-electron chi connectivity index (χ1n) is 7.10. The average Bonchev–Trinajstić information content (AvgIpc) is 2.53. The second-order valence-electron chi connectivity index (χ2n) is 5.63. The van der Waals surface area contributed by atoms with E-state index < -0.39 is 66.7 Å². The summed E-state index contributed by atoms with van der Waals surface area (Å²) in [5, 5.41) is 9.63. The van der Waals surface area contributed by atoms with Gasteiger partial charge in [0.05, 0.1) is 21.6 Å². The third-order valence-electron chi connectivity index (χ3n) is 3.61. The van der Waals surface area contributed by atoms with Crippen LogP contribution in [-0.4, -0.2) is 25.6 Å². The molecule has 0 amide bonds. The minimum atomic E-state index is -5.24. The molecule has 2 aromatic carbocycles. The van der Waals surface area contributed by atoms with Crippen LogP contribution in [0, 0.1) is 5.82 Å². The van der Waals surface area contributed by atoms with Gasteiger partial charge in [-0.2, -0.15) is 26.3 Å². The molecule has 0 fully saturated rings. The van der Waals surface area contributed by atoms with Crippen LogP contribution >= 0.6 is 0 Å². The third-order valence-corrected chi connectivity index (χ3v) is 4.75. The molecule has 0 aliphatic heterocycles. The van der Waals surface area contributed by atoms with Crippen molar-refractivity contribution >= 4 is 15.6 Å². The van der Waals surface area contributed by atoms with Gasteiger partial charge in [-0.25, -0.2) is 12.8 Å². The van der Waals surface area contributed by atoms with Gasteiger partial charge in [0.15, 0.2) is 27.2 Å². The molecule has 0 heterocycles. The van der Waals surface area contributed by atoms with Gasteiger partial charge in [-0.05, 0) is 30.3 Å². The maximum atomic E-state index is 13.5. The number of carbonyl (C=O) groups is 1. The number of rotatable bonds is 3.